The van der Waals surface area contributed by atoms with Crippen molar-refractivity contribution in [3.8, 4) is 17.1 Å². The van der Waals surface area contributed by atoms with Gasteiger partial charge in [0.2, 0.25) is 0 Å². The van der Waals surface area contributed by atoms with Gasteiger partial charge in [-0.05, 0) is 37.6 Å². The van der Waals surface area contributed by atoms with Gasteiger partial charge in [0.15, 0.2) is 11.5 Å². The molecule has 2 N–H and O–H groups in total. The first-order chi connectivity index (χ1) is 13.5. The molecule has 0 unspecified atom stereocenters. The van der Waals surface area contributed by atoms with Crippen molar-refractivity contribution in [2.24, 2.45) is 0 Å². The lowest BCUT2D eigenvalue weighted by Gasteiger charge is -2.25. The molecule has 1 aromatic carbocycles. The van der Waals surface area contributed by atoms with Crippen molar-refractivity contribution < 1.29 is 9.84 Å². The van der Waals surface area contributed by atoms with Gasteiger partial charge in [0, 0.05) is 30.7 Å². The molecule has 0 bridgehead atoms. The number of nitrogens with one attached hydrogen (secondary N) is 1. The fraction of sp³-hybridized carbons (Fsp3) is 0.300. The number of ether oxygens (including phenoxy) is 1. The second kappa shape index (κ2) is 7.14. The van der Waals surface area contributed by atoms with Gasteiger partial charge in [-0.3, -0.25) is 5.10 Å². The van der Waals surface area contributed by atoms with Gasteiger partial charge in [-0.25, -0.2) is 14.6 Å². The van der Waals surface area contributed by atoms with Crippen molar-refractivity contribution in [3.05, 3.63) is 54.6 Å². The Morgan fingerprint density at radius 3 is 2.82 bits per heavy atom. The minimum Gasteiger partial charge on any atom is -0.388 e. The van der Waals surface area contributed by atoms with E-state index >= 15 is 0 Å². The number of nitrogens with zero attached hydrogens (tertiary/aromatic N) is 5. The Morgan fingerprint density at radius 2 is 2.07 bits per heavy atom. The van der Waals surface area contributed by atoms with Crippen LogP contribution in [0.15, 0.2) is 49.1 Å². The molecule has 0 saturated carbocycles. The number of fused-ring (bicyclic) bond motifs is 1. The van der Waals surface area contributed by atoms with Crippen LogP contribution in [0.4, 0.5) is 0 Å². The third-order valence-electron chi connectivity index (χ3n) is 4.83. The van der Waals surface area contributed by atoms with Gasteiger partial charge in [-0.2, -0.15) is 10.2 Å². The van der Waals surface area contributed by atoms with E-state index in [-0.39, 0.29) is 0 Å². The SMILES string of the molecule is COC(C)(C)C[C@H](O)c1cnc2c(cnn2-c2cccc(-c3ncn[nH]3)c2)c1. The lowest BCUT2D eigenvalue weighted by atomic mass is 9.96. The van der Waals surface area contributed by atoms with Crippen LogP contribution in [0.1, 0.15) is 31.9 Å². The van der Waals surface area contributed by atoms with Crippen molar-refractivity contribution in [1.29, 1.82) is 0 Å². The Balaban J connectivity index is 1.67. The van der Waals surface area contributed by atoms with Gasteiger partial charge in [0.1, 0.15) is 6.33 Å². The number of aliphatic hydroxyl groups is 1. The predicted molar refractivity (Wildman–Crippen MR) is 105 cm³/mol. The molecule has 28 heavy (non-hydrogen) atoms. The Hall–Kier alpha value is -3.10. The summed E-state index contributed by atoms with van der Waals surface area (Å²) in [4.78, 5) is 8.74. The monoisotopic (exact) mass is 378 g/mol. The van der Waals surface area contributed by atoms with E-state index in [9.17, 15) is 5.11 Å². The number of pyridine rings is 1. The summed E-state index contributed by atoms with van der Waals surface area (Å²) >= 11 is 0. The third kappa shape index (κ3) is 3.51. The number of aromatic amines is 1. The molecule has 0 spiro atoms. The molecule has 0 fully saturated rings. The molecule has 4 rings (SSSR count). The van der Waals surface area contributed by atoms with Gasteiger partial charge in [-0.15, -0.1) is 0 Å². The fourth-order valence-electron chi connectivity index (χ4n) is 3.11. The molecular weight excluding hydrogens is 356 g/mol. The van der Waals surface area contributed by atoms with Crippen LogP contribution >= 0.6 is 0 Å². The van der Waals surface area contributed by atoms with Gasteiger partial charge in [0.05, 0.1) is 23.6 Å². The zero-order valence-corrected chi connectivity index (χ0v) is 16.0. The van der Waals surface area contributed by atoms with E-state index in [2.05, 4.69) is 25.3 Å². The van der Waals surface area contributed by atoms with Crippen LogP contribution in [0.3, 0.4) is 0 Å². The van der Waals surface area contributed by atoms with Crippen LogP contribution in [0, 0.1) is 0 Å². The number of H-pyrrole nitrogens is 1. The minimum absolute atomic E-state index is 0.417. The maximum atomic E-state index is 10.5. The smallest absolute Gasteiger partial charge is 0.162 e. The molecular formula is C20H22N6O2. The van der Waals surface area contributed by atoms with E-state index in [0.717, 1.165) is 27.8 Å². The average molecular weight is 378 g/mol. The van der Waals surface area contributed by atoms with Gasteiger partial charge >= 0.3 is 0 Å². The number of benzene rings is 1. The summed E-state index contributed by atoms with van der Waals surface area (Å²) in [6.45, 7) is 3.89. The van der Waals surface area contributed by atoms with Crippen molar-refractivity contribution in [2.75, 3.05) is 7.11 Å². The number of aliphatic hydroxyl groups excluding tert-OH is 1. The summed E-state index contributed by atoms with van der Waals surface area (Å²) in [6.07, 6.45) is 4.73. The average Bonchev–Trinajstić information content (AvgIpc) is 3.37. The molecule has 0 aliphatic rings. The van der Waals surface area contributed by atoms with Gasteiger partial charge < -0.3 is 9.84 Å². The van der Waals surface area contributed by atoms with Crippen LogP contribution in [-0.4, -0.2) is 47.8 Å². The van der Waals surface area contributed by atoms with E-state index in [4.69, 9.17) is 4.74 Å². The molecule has 4 aromatic rings. The number of aromatic nitrogens is 6. The van der Waals surface area contributed by atoms with Crippen molar-refractivity contribution in [1.82, 2.24) is 29.9 Å². The van der Waals surface area contributed by atoms with Crippen LogP contribution in [0.5, 0.6) is 0 Å². The second-order valence-electron chi connectivity index (χ2n) is 7.31. The highest BCUT2D eigenvalue weighted by molar-refractivity contribution is 5.77. The van der Waals surface area contributed by atoms with E-state index in [1.807, 2.05) is 44.2 Å². The quantitative estimate of drug-likeness (QED) is 0.535. The first-order valence-electron chi connectivity index (χ1n) is 9.00. The van der Waals surface area contributed by atoms with Gasteiger partial charge in [0.25, 0.3) is 0 Å². The number of hydrogen-bond acceptors (Lipinski definition) is 6. The standard InChI is InChI=1S/C20H22N6O2/c1-20(2,28-3)9-17(27)14-7-15-11-24-26(19(15)21-10-14)16-6-4-5-13(8-16)18-22-12-23-25-18/h4-8,10-12,17,27H,9H2,1-3H3,(H,22,23,25)/t17-/m0/s1. The maximum absolute atomic E-state index is 10.5. The number of methoxy groups -OCH3 is 1. The Bertz CT molecular complexity index is 1090. The Kier molecular flexibility index (Phi) is 4.66. The zero-order chi connectivity index (χ0) is 19.7. The fourth-order valence-corrected chi connectivity index (χ4v) is 3.11. The van der Waals surface area contributed by atoms with Crippen molar-refractivity contribution >= 4 is 11.0 Å². The molecule has 0 amide bonds. The summed E-state index contributed by atoms with van der Waals surface area (Å²) in [5.41, 5.74) is 2.82. The lowest BCUT2D eigenvalue weighted by Crippen LogP contribution is -2.25. The maximum Gasteiger partial charge on any atom is 0.162 e. The highest BCUT2D eigenvalue weighted by atomic mass is 16.5. The van der Waals surface area contributed by atoms with E-state index in [0.29, 0.717) is 12.2 Å². The first-order valence-corrected chi connectivity index (χ1v) is 9.00. The Morgan fingerprint density at radius 1 is 1.21 bits per heavy atom. The van der Waals surface area contributed by atoms with Crippen LogP contribution in [-0.2, 0) is 4.74 Å². The van der Waals surface area contributed by atoms with Crippen molar-refractivity contribution in [3.63, 3.8) is 0 Å². The molecule has 3 aromatic heterocycles. The molecule has 0 aliphatic carbocycles. The molecule has 8 nitrogen and oxygen atoms in total. The Labute approximate surface area is 162 Å². The zero-order valence-electron chi connectivity index (χ0n) is 16.0. The van der Waals surface area contributed by atoms with Crippen LogP contribution in [0.2, 0.25) is 0 Å². The summed E-state index contributed by atoms with van der Waals surface area (Å²) in [5, 5.41) is 22.6. The summed E-state index contributed by atoms with van der Waals surface area (Å²) in [6, 6.07) is 9.74. The normalized spacial score (nSPS) is 13.1. The number of hydrogen-bond donors (Lipinski definition) is 2. The highest BCUT2D eigenvalue weighted by Crippen LogP contribution is 2.28. The number of rotatable bonds is 6. The molecule has 8 heteroatoms. The van der Waals surface area contributed by atoms with E-state index < -0.39 is 11.7 Å². The third-order valence-corrected chi connectivity index (χ3v) is 4.83. The molecule has 0 radical (unpaired) electrons. The summed E-state index contributed by atoms with van der Waals surface area (Å²) in [7, 11) is 1.64. The molecule has 0 saturated heterocycles. The predicted octanol–water partition coefficient (Wildman–Crippen LogP) is 3.05. The topological polar surface area (TPSA) is 102 Å². The molecule has 144 valence electrons. The van der Waals surface area contributed by atoms with E-state index in [1.165, 1.54) is 6.33 Å². The van der Waals surface area contributed by atoms with E-state index in [1.54, 1.807) is 24.2 Å². The largest absolute Gasteiger partial charge is 0.388 e. The second-order valence-corrected chi connectivity index (χ2v) is 7.31. The van der Waals surface area contributed by atoms with Crippen molar-refractivity contribution in [2.45, 2.75) is 32.0 Å². The summed E-state index contributed by atoms with van der Waals surface area (Å²) < 4.78 is 7.18. The molecule has 3 heterocycles. The molecule has 1 atom stereocenters. The first kappa shape index (κ1) is 18.3. The van der Waals surface area contributed by atoms with Gasteiger partial charge in [-0.1, -0.05) is 12.1 Å². The molecule has 0 aliphatic heterocycles. The van der Waals surface area contributed by atoms with Crippen LogP contribution in [0.25, 0.3) is 28.1 Å². The highest BCUT2D eigenvalue weighted by Gasteiger charge is 2.23. The lowest BCUT2D eigenvalue weighted by molar-refractivity contribution is -0.0201. The minimum atomic E-state index is -0.662. The van der Waals surface area contributed by atoms with Crippen LogP contribution < -0.4 is 0 Å². The summed E-state index contributed by atoms with van der Waals surface area (Å²) in [5.74, 6) is 0.692.